The first-order valence-electron chi connectivity index (χ1n) is 8.40. The summed E-state index contributed by atoms with van der Waals surface area (Å²) in [5.74, 6) is 1.81. The van der Waals surface area contributed by atoms with Crippen LogP contribution in [0.15, 0.2) is 0 Å². The number of hydrogen-bond acceptors (Lipinski definition) is 2. The summed E-state index contributed by atoms with van der Waals surface area (Å²) in [4.78, 5) is 2.48. The van der Waals surface area contributed by atoms with Gasteiger partial charge in [-0.15, -0.1) is 0 Å². The van der Waals surface area contributed by atoms with Crippen molar-refractivity contribution in [2.24, 2.45) is 11.8 Å². The zero-order chi connectivity index (χ0) is 14.5. The molecule has 114 valence electrons. The summed E-state index contributed by atoms with van der Waals surface area (Å²) < 4.78 is 0. The molecule has 0 radical (unpaired) electrons. The van der Waals surface area contributed by atoms with Crippen molar-refractivity contribution in [2.75, 3.05) is 21.1 Å². The Morgan fingerprint density at radius 3 is 2.21 bits per heavy atom. The first kappa shape index (κ1) is 17.0. The predicted molar refractivity (Wildman–Crippen MR) is 85.6 cm³/mol. The molecule has 1 aliphatic carbocycles. The lowest BCUT2D eigenvalue weighted by atomic mass is 9.69. The van der Waals surface area contributed by atoms with E-state index in [1.807, 2.05) is 0 Å². The molecule has 1 N–H and O–H groups in total. The summed E-state index contributed by atoms with van der Waals surface area (Å²) in [5.41, 5.74) is 0.315. The molecule has 3 atom stereocenters. The first-order chi connectivity index (χ1) is 9.05. The van der Waals surface area contributed by atoms with Gasteiger partial charge in [0.15, 0.2) is 0 Å². The smallest absolute Gasteiger partial charge is 0.0353 e. The Morgan fingerprint density at radius 1 is 1.16 bits per heavy atom. The molecule has 2 heteroatoms. The van der Waals surface area contributed by atoms with Crippen LogP contribution in [0.5, 0.6) is 0 Å². The lowest BCUT2D eigenvalue weighted by molar-refractivity contribution is 0.0441. The van der Waals surface area contributed by atoms with E-state index in [1.54, 1.807) is 0 Å². The highest BCUT2D eigenvalue weighted by Gasteiger charge is 2.42. The molecule has 1 rings (SSSR count). The van der Waals surface area contributed by atoms with E-state index in [9.17, 15) is 0 Å². The molecule has 0 aromatic carbocycles. The summed E-state index contributed by atoms with van der Waals surface area (Å²) in [7, 11) is 6.69. The van der Waals surface area contributed by atoms with Crippen LogP contribution in [0, 0.1) is 11.8 Å². The Balaban J connectivity index is 2.90. The number of nitrogens with zero attached hydrogens (tertiary/aromatic N) is 1. The molecule has 0 aromatic rings. The topological polar surface area (TPSA) is 15.3 Å². The van der Waals surface area contributed by atoms with E-state index in [-0.39, 0.29) is 0 Å². The minimum atomic E-state index is 0.315. The van der Waals surface area contributed by atoms with E-state index >= 15 is 0 Å². The quantitative estimate of drug-likeness (QED) is 0.753. The Morgan fingerprint density at radius 2 is 1.79 bits per heavy atom. The van der Waals surface area contributed by atoms with Crippen molar-refractivity contribution in [3.8, 4) is 0 Å². The third kappa shape index (κ3) is 3.52. The fourth-order valence-electron chi connectivity index (χ4n) is 4.55. The molecule has 1 aliphatic rings. The van der Waals surface area contributed by atoms with Gasteiger partial charge in [-0.25, -0.2) is 0 Å². The Bertz CT molecular complexity index is 246. The summed E-state index contributed by atoms with van der Waals surface area (Å²) in [6.07, 6.45) is 9.55. The molecule has 0 saturated heterocycles. The zero-order valence-corrected chi connectivity index (χ0v) is 14.1. The molecular formula is C17H36N2. The second kappa shape index (κ2) is 7.64. The second-order valence-electron chi connectivity index (χ2n) is 6.67. The normalized spacial score (nSPS) is 26.7. The van der Waals surface area contributed by atoms with Gasteiger partial charge in [-0.3, -0.25) is 0 Å². The van der Waals surface area contributed by atoms with Gasteiger partial charge in [-0.2, -0.15) is 0 Å². The molecule has 1 fully saturated rings. The van der Waals surface area contributed by atoms with Crippen molar-refractivity contribution in [3.05, 3.63) is 0 Å². The highest BCUT2D eigenvalue weighted by atomic mass is 15.2. The van der Waals surface area contributed by atoms with E-state index in [4.69, 9.17) is 0 Å². The minimum absolute atomic E-state index is 0.315. The largest absolute Gasteiger partial charge is 0.315 e. The molecule has 2 nitrogen and oxygen atoms in total. The molecule has 0 aliphatic heterocycles. The molecular weight excluding hydrogens is 232 g/mol. The van der Waals surface area contributed by atoms with Crippen molar-refractivity contribution < 1.29 is 0 Å². The summed E-state index contributed by atoms with van der Waals surface area (Å²) >= 11 is 0. The van der Waals surface area contributed by atoms with Gasteiger partial charge < -0.3 is 10.2 Å². The summed E-state index contributed by atoms with van der Waals surface area (Å²) in [6.45, 7) is 7.07. The lowest BCUT2D eigenvalue weighted by Gasteiger charge is -2.50. The van der Waals surface area contributed by atoms with E-state index in [2.05, 4.69) is 52.1 Å². The molecule has 1 saturated carbocycles. The van der Waals surface area contributed by atoms with Crippen LogP contribution in [0.1, 0.15) is 65.7 Å². The van der Waals surface area contributed by atoms with Crippen LogP contribution in [-0.2, 0) is 0 Å². The molecule has 0 spiro atoms. The van der Waals surface area contributed by atoms with Crippen LogP contribution >= 0.6 is 0 Å². The van der Waals surface area contributed by atoms with Gasteiger partial charge in [0.05, 0.1) is 0 Å². The van der Waals surface area contributed by atoms with Gasteiger partial charge in [0.2, 0.25) is 0 Å². The third-order valence-corrected chi connectivity index (χ3v) is 5.88. The first-order valence-corrected chi connectivity index (χ1v) is 8.40. The average Bonchev–Trinajstić information content (AvgIpc) is 2.44. The van der Waals surface area contributed by atoms with Crippen LogP contribution in [0.4, 0.5) is 0 Å². The van der Waals surface area contributed by atoms with Crippen molar-refractivity contribution in [1.29, 1.82) is 0 Å². The SMILES string of the molecule is CCC1CCCC(C(NC)C(CC)(CC)N(C)C)C1. The standard InChI is InChI=1S/C17H36N2/c1-7-14-11-10-12-15(13-14)16(18-4)17(8-2,9-3)19(5)6/h14-16,18H,7-13H2,1-6H3. The number of nitrogens with one attached hydrogen (secondary N) is 1. The fourth-order valence-corrected chi connectivity index (χ4v) is 4.55. The van der Waals surface area contributed by atoms with Crippen molar-refractivity contribution >= 4 is 0 Å². The molecule has 0 aromatic heterocycles. The van der Waals surface area contributed by atoms with E-state index in [1.165, 1.54) is 44.9 Å². The third-order valence-electron chi connectivity index (χ3n) is 5.88. The monoisotopic (exact) mass is 268 g/mol. The Kier molecular flexibility index (Phi) is 6.82. The van der Waals surface area contributed by atoms with Crippen LogP contribution in [0.3, 0.4) is 0 Å². The average molecular weight is 268 g/mol. The van der Waals surface area contributed by atoms with E-state index < -0.39 is 0 Å². The van der Waals surface area contributed by atoms with Crippen LogP contribution in [0.25, 0.3) is 0 Å². The predicted octanol–water partition coefficient (Wildman–Crippen LogP) is 3.91. The van der Waals surface area contributed by atoms with Gasteiger partial charge in [-0.05, 0) is 58.7 Å². The Hall–Kier alpha value is -0.0800. The number of likely N-dealkylation sites (N-methyl/N-ethyl adjacent to an activating group) is 2. The molecule has 3 unspecified atom stereocenters. The number of rotatable bonds is 7. The van der Waals surface area contributed by atoms with Gasteiger partial charge in [0.1, 0.15) is 0 Å². The van der Waals surface area contributed by atoms with Gasteiger partial charge >= 0.3 is 0 Å². The van der Waals surface area contributed by atoms with Crippen molar-refractivity contribution in [2.45, 2.75) is 77.3 Å². The molecule has 19 heavy (non-hydrogen) atoms. The maximum atomic E-state index is 3.70. The van der Waals surface area contributed by atoms with E-state index in [0.717, 1.165) is 11.8 Å². The van der Waals surface area contributed by atoms with E-state index in [0.29, 0.717) is 11.6 Å². The summed E-state index contributed by atoms with van der Waals surface area (Å²) in [6, 6.07) is 0.631. The van der Waals surface area contributed by atoms with Gasteiger partial charge in [0.25, 0.3) is 0 Å². The highest BCUT2D eigenvalue weighted by Crippen LogP contribution is 2.39. The van der Waals surface area contributed by atoms with Crippen molar-refractivity contribution in [3.63, 3.8) is 0 Å². The molecule has 0 bridgehead atoms. The zero-order valence-electron chi connectivity index (χ0n) is 14.1. The van der Waals surface area contributed by atoms with Crippen LogP contribution in [0.2, 0.25) is 0 Å². The van der Waals surface area contributed by atoms with Crippen molar-refractivity contribution in [1.82, 2.24) is 10.2 Å². The second-order valence-corrected chi connectivity index (χ2v) is 6.67. The maximum Gasteiger partial charge on any atom is 0.0353 e. The van der Waals surface area contributed by atoms with Gasteiger partial charge in [0, 0.05) is 11.6 Å². The maximum absolute atomic E-state index is 3.70. The number of hydrogen-bond donors (Lipinski definition) is 1. The summed E-state index contributed by atoms with van der Waals surface area (Å²) in [5, 5.41) is 3.70. The molecule has 0 amide bonds. The molecule has 0 heterocycles. The van der Waals surface area contributed by atoms with Crippen LogP contribution < -0.4 is 5.32 Å². The Labute approximate surface area is 121 Å². The fraction of sp³-hybridized carbons (Fsp3) is 1.00. The van der Waals surface area contributed by atoms with Crippen LogP contribution in [-0.4, -0.2) is 37.6 Å². The van der Waals surface area contributed by atoms with Gasteiger partial charge in [-0.1, -0.05) is 40.0 Å². The lowest BCUT2D eigenvalue weighted by Crippen LogP contribution is -2.61. The highest BCUT2D eigenvalue weighted by molar-refractivity contribution is 5.00. The minimum Gasteiger partial charge on any atom is -0.315 e.